The van der Waals surface area contributed by atoms with Gasteiger partial charge in [-0.25, -0.2) is 18.7 Å². The fourth-order valence-corrected chi connectivity index (χ4v) is 6.39. The number of hydrogen-bond acceptors (Lipinski definition) is 7. The molecule has 1 fully saturated rings. The number of nitrogens with one attached hydrogen (secondary N) is 1. The summed E-state index contributed by atoms with van der Waals surface area (Å²) in [5, 5.41) is 26.1. The molecule has 0 aliphatic carbocycles. The SMILES string of the molecule is C[C@@H]1c2ccccc2CCN1C(=O)c1c(-c2cccc(C3CNCC3(F)C(=O)O)c2)nn2c(-c3cnn(C)n3)ccnc12. The largest absolute Gasteiger partial charge is 0.479 e. The van der Waals surface area contributed by atoms with E-state index in [1.54, 1.807) is 54.3 Å². The average Bonchev–Trinajstić information content (AvgIpc) is 3.74. The predicted octanol–water partition coefficient (Wildman–Crippen LogP) is 3.43. The van der Waals surface area contributed by atoms with Crippen molar-refractivity contribution in [3.8, 4) is 22.6 Å². The fraction of sp³-hybridized carbons (Fsp3) is 0.290. The number of alkyl halides is 1. The number of hydrogen-bond donors (Lipinski definition) is 2. The van der Waals surface area contributed by atoms with Crippen LogP contribution in [0, 0.1) is 0 Å². The number of aryl methyl sites for hydroxylation is 1. The second-order valence-corrected chi connectivity index (χ2v) is 11.1. The first-order valence-corrected chi connectivity index (χ1v) is 14.1. The molecule has 5 aromatic rings. The van der Waals surface area contributed by atoms with Gasteiger partial charge in [-0.1, -0.05) is 42.5 Å². The van der Waals surface area contributed by atoms with Gasteiger partial charge in [-0.3, -0.25) is 4.79 Å². The third-order valence-electron chi connectivity index (χ3n) is 8.65. The third kappa shape index (κ3) is 4.28. The van der Waals surface area contributed by atoms with E-state index in [2.05, 4.69) is 26.6 Å². The molecule has 1 saturated heterocycles. The number of benzene rings is 2. The van der Waals surface area contributed by atoms with Crippen LogP contribution in [-0.4, -0.2) is 76.8 Å². The van der Waals surface area contributed by atoms with Crippen molar-refractivity contribution in [2.75, 3.05) is 19.6 Å². The Balaban J connectivity index is 1.40. The maximum atomic E-state index is 15.6. The van der Waals surface area contributed by atoms with Gasteiger partial charge in [0.15, 0.2) is 5.65 Å². The Morgan fingerprint density at radius 1 is 1.12 bits per heavy atom. The summed E-state index contributed by atoms with van der Waals surface area (Å²) in [7, 11) is 1.71. The molecular formula is C31H29FN8O3. The Morgan fingerprint density at radius 2 is 1.95 bits per heavy atom. The van der Waals surface area contributed by atoms with Crippen LogP contribution in [0.3, 0.4) is 0 Å². The lowest BCUT2D eigenvalue weighted by Crippen LogP contribution is -2.40. The Kier molecular flexibility index (Phi) is 6.31. The Bertz CT molecular complexity index is 1900. The summed E-state index contributed by atoms with van der Waals surface area (Å²) >= 11 is 0. The molecule has 3 atom stereocenters. The van der Waals surface area contributed by atoms with Crippen molar-refractivity contribution in [2.24, 2.45) is 7.05 Å². The van der Waals surface area contributed by atoms with Crippen LogP contribution in [0.15, 0.2) is 67.0 Å². The Hall–Kier alpha value is -4.97. The molecule has 12 heteroatoms. The second kappa shape index (κ2) is 10.1. The summed E-state index contributed by atoms with van der Waals surface area (Å²) in [5.41, 5.74) is 3.10. The van der Waals surface area contributed by atoms with E-state index in [4.69, 9.17) is 5.10 Å². The number of aromatic nitrogens is 6. The van der Waals surface area contributed by atoms with Crippen LogP contribution in [0.2, 0.25) is 0 Å². The van der Waals surface area contributed by atoms with Crippen LogP contribution >= 0.6 is 0 Å². The molecule has 2 N–H and O–H groups in total. The number of fused-ring (bicyclic) bond motifs is 2. The van der Waals surface area contributed by atoms with E-state index in [0.717, 1.165) is 12.0 Å². The van der Waals surface area contributed by atoms with Crippen LogP contribution in [0.4, 0.5) is 4.39 Å². The van der Waals surface area contributed by atoms with Crippen molar-refractivity contribution in [2.45, 2.75) is 31.0 Å². The van der Waals surface area contributed by atoms with Crippen molar-refractivity contribution < 1.29 is 19.1 Å². The smallest absolute Gasteiger partial charge is 0.343 e. The molecule has 1 amide bonds. The van der Waals surface area contributed by atoms with Crippen LogP contribution < -0.4 is 5.32 Å². The van der Waals surface area contributed by atoms with Gasteiger partial charge in [0.2, 0.25) is 5.67 Å². The van der Waals surface area contributed by atoms with Crippen LogP contribution in [0.1, 0.15) is 45.9 Å². The number of halogens is 1. The van der Waals surface area contributed by atoms with Crippen molar-refractivity contribution in [3.05, 3.63) is 89.2 Å². The van der Waals surface area contributed by atoms with E-state index in [1.165, 1.54) is 10.4 Å². The van der Waals surface area contributed by atoms with Crippen LogP contribution in [-0.2, 0) is 18.3 Å². The molecular weight excluding hydrogens is 551 g/mol. The minimum absolute atomic E-state index is 0.173. The molecule has 218 valence electrons. The van der Waals surface area contributed by atoms with Gasteiger partial charge in [-0.05, 0) is 42.2 Å². The lowest BCUT2D eigenvalue weighted by molar-refractivity contribution is -0.150. The zero-order chi connectivity index (χ0) is 29.9. The van der Waals surface area contributed by atoms with Gasteiger partial charge in [0.25, 0.3) is 5.91 Å². The van der Waals surface area contributed by atoms with Gasteiger partial charge in [-0.2, -0.15) is 20.1 Å². The molecule has 2 aliphatic heterocycles. The van der Waals surface area contributed by atoms with Crippen molar-refractivity contribution >= 4 is 17.5 Å². The summed E-state index contributed by atoms with van der Waals surface area (Å²) in [6.45, 7) is 2.43. The van der Waals surface area contributed by atoms with Crippen molar-refractivity contribution in [1.29, 1.82) is 0 Å². The maximum absolute atomic E-state index is 15.6. The second-order valence-electron chi connectivity index (χ2n) is 11.1. The first-order valence-electron chi connectivity index (χ1n) is 14.1. The normalized spacial score (nSPS) is 21.7. The lowest BCUT2D eigenvalue weighted by Gasteiger charge is -2.35. The summed E-state index contributed by atoms with van der Waals surface area (Å²) in [4.78, 5) is 34.3. The lowest BCUT2D eigenvalue weighted by atomic mass is 9.85. The predicted molar refractivity (Wildman–Crippen MR) is 155 cm³/mol. The van der Waals surface area contributed by atoms with Crippen LogP contribution in [0.5, 0.6) is 0 Å². The monoisotopic (exact) mass is 580 g/mol. The summed E-state index contributed by atoms with van der Waals surface area (Å²) in [5.74, 6) is -2.64. The Morgan fingerprint density at radius 3 is 2.74 bits per heavy atom. The molecule has 0 bridgehead atoms. The van der Waals surface area contributed by atoms with Crippen molar-refractivity contribution in [1.82, 2.24) is 39.8 Å². The third-order valence-corrected chi connectivity index (χ3v) is 8.65. The molecule has 43 heavy (non-hydrogen) atoms. The van der Waals surface area contributed by atoms with Gasteiger partial charge >= 0.3 is 5.97 Å². The molecule has 0 radical (unpaired) electrons. The van der Waals surface area contributed by atoms with E-state index in [0.29, 0.717) is 46.0 Å². The molecule has 0 saturated carbocycles. The maximum Gasteiger partial charge on any atom is 0.343 e. The summed E-state index contributed by atoms with van der Waals surface area (Å²) in [6, 6.07) is 16.7. The van der Waals surface area contributed by atoms with E-state index in [9.17, 15) is 14.7 Å². The zero-order valence-electron chi connectivity index (χ0n) is 23.6. The van der Waals surface area contributed by atoms with Crippen molar-refractivity contribution in [3.63, 3.8) is 0 Å². The number of nitrogens with zero attached hydrogens (tertiary/aromatic N) is 7. The average molecular weight is 581 g/mol. The molecule has 0 spiro atoms. The molecule has 2 unspecified atom stereocenters. The number of aliphatic carboxylic acids is 1. The number of amides is 1. The molecule has 5 heterocycles. The summed E-state index contributed by atoms with van der Waals surface area (Å²) < 4.78 is 17.2. The fourth-order valence-electron chi connectivity index (χ4n) is 6.39. The Labute approximate surface area is 246 Å². The molecule has 2 aromatic carbocycles. The topological polar surface area (TPSA) is 131 Å². The number of carboxylic acid groups (broad SMARTS) is 1. The highest BCUT2D eigenvalue weighted by molar-refractivity contribution is 6.06. The highest BCUT2D eigenvalue weighted by Crippen LogP contribution is 2.39. The van der Waals surface area contributed by atoms with E-state index in [1.807, 2.05) is 30.0 Å². The highest BCUT2D eigenvalue weighted by atomic mass is 19.1. The molecule has 7 rings (SSSR count). The number of carbonyl (C=O) groups excluding carboxylic acids is 1. The standard InChI is InChI=1S/C31H29FN8O3/c1-18-22-9-4-3-6-19(22)11-13-39(18)29(41)26-27(37-40-25(10-12-34-28(26)40)24-16-35-38(2)36-24)21-8-5-7-20(14-21)23-15-33-17-31(23,32)30(42)43/h3-10,12,14,16,18,23,33H,11,13,15,17H2,1-2H3,(H,42,43)/t18-,23?,31?/m1/s1. The minimum Gasteiger partial charge on any atom is -0.479 e. The first kappa shape index (κ1) is 26.9. The summed E-state index contributed by atoms with van der Waals surface area (Å²) in [6.07, 6.45) is 3.94. The zero-order valence-corrected chi connectivity index (χ0v) is 23.6. The van der Waals surface area contributed by atoms with E-state index >= 15 is 4.39 Å². The minimum atomic E-state index is -2.45. The van der Waals surface area contributed by atoms with Gasteiger partial charge < -0.3 is 15.3 Å². The first-order chi connectivity index (χ1) is 20.8. The van der Waals surface area contributed by atoms with Gasteiger partial charge in [0.1, 0.15) is 17.0 Å². The van der Waals surface area contributed by atoms with Crippen LogP contribution in [0.25, 0.3) is 28.3 Å². The van der Waals surface area contributed by atoms with Gasteiger partial charge in [-0.15, -0.1) is 0 Å². The molecule has 3 aromatic heterocycles. The van der Waals surface area contributed by atoms with E-state index in [-0.39, 0.29) is 25.0 Å². The number of rotatable bonds is 5. The molecule has 11 nitrogen and oxygen atoms in total. The highest BCUT2D eigenvalue weighted by Gasteiger charge is 2.51. The number of carbonyl (C=O) groups is 2. The van der Waals surface area contributed by atoms with E-state index < -0.39 is 17.6 Å². The quantitative estimate of drug-likeness (QED) is 0.323. The molecule has 2 aliphatic rings. The van der Waals surface area contributed by atoms with Gasteiger partial charge in [0.05, 0.1) is 17.9 Å². The van der Waals surface area contributed by atoms with Gasteiger partial charge in [0, 0.05) is 44.4 Å². The number of carboxylic acids is 1.